The van der Waals surface area contributed by atoms with E-state index in [4.69, 9.17) is 11.4 Å². The summed E-state index contributed by atoms with van der Waals surface area (Å²) in [7, 11) is 0. The molecule has 3 heteroatoms. The summed E-state index contributed by atoms with van der Waals surface area (Å²) < 4.78 is 2.10. The first kappa shape index (κ1) is 14.2. The molecule has 0 aliphatic carbocycles. The number of hydrogen-bond donors (Lipinski definition) is 1. The fourth-order valence-electron chi connectivity index (χ4n) is 2.52. The SMILES string of the molecule is C#Cc1cccc(-c2nc3ccc(C)cn3c2NC(C)C)c1. The van der Waals surface area contributed by atoms with Crippen molar-refractivity contribution in [2.24, 2.45) is 0 Å². The molecule has 0 bridgehead atoms. The maximum Gasteiger partial charge on any atom is 0.139 e. The first-order valence-electron chi connectivity index (χ1n) is 7.41. The quantitative estimate of drug-likeness (QED) is 0.735. The van der Waals surface area contributed by atoms with Crippen LogP contribution in [0.4, 0.5) is 5.82 Å². The minimum Gasteiger partial charge on any atom is -0.367 e. The molecule has 0 spiro atoms. The van der Waals surface area contributed by atoms with Crippen LogP contribution in [0.1, 0.15) is 25.0 Å². The van der Waals surface area contributed by atoms with Gasteiger partial charge in [-0.25, -0.2) is 4.98 Å². The highest BCUT2D eigenvalue weighted by molar-refractivity contribution is 5.77. The van der Waals surface area contributed by atoms with Gasteiger partial charge in [-0.3, -0.25) is 4.40 Å². The molecule has 3 rings (SSSR count). The lowest BCUT2D eigenvalue weighted by Crippen LogP contribution is -2.12. The van der Waals surface area contributed by atoms with Crippen LogP contribution in [0.3, 0.4) is 0 Å². The van der Waals surface area contributed by atoms with Crippen LogP contribution >= 0.6 is 0 Å². The van der Waals surface area contributed by atoms with Crippen LogP contribution in [0.25, 0.3) is 16.9 Å². The van der Waals surface area contributed by atoms with E-state index >= 15 is 0 Å². The van der Waals surface area contributed by atoms with E-state index in [1.807, 2.05) is 30.3 Å². The van der Waals surface area contributed by atoms with E-state index in [0.29, 0.717) is 6.04 Å². The Morgan fingerprint density at radius 2 is 2.05 bits per heavy atom. The van der Waals surface area contributed by atoms with Crippen LogP contribution in [0, 0.1) is 19.3 Å². The smallest absolute Gasteiger partial charge is 0.139 e. The Morgan fingerprint density at radius 1 is 1.23 bits per heavy atom. The van der Waals surface area contributed by atoms with Gasteiger partial charge < -0.3 is 5.32 Å². The third kappa shape index (κ3) is 2.56. The number of aryl methyl sites for hydroxylation is 1. The fourth-order valence-corrected chi connectivity index (χ4v) is 2.52. The lowest BCUT2D eigenvalue weighted by Gasteiger charge is -2.12. The molecule has 0 aliphatic heterocycles. The van der Waals surface area contributed by atoms with E-state index in [0.717, 1.165) is 28.3 Å². The van der Waals surface area contributed by atoms with Gasteiger partial charge in [0.25, 0.3) is 0 Å². The van der Waals surface area contributed by atoms with Gasteiger partial charge in [0.1, 0.15) is 17.2 Å². The van der Waals surface area contributed by atoms with Crippen LogP contribution < -0.4 is 5.32 Å². The number of rotatable bonds is 3. The number of benzene rings is 1. The Morgan fingerprint density at radius 3 is 2.77 bits per heavy atom. The number of hydrogen-bond acceptors (Lipinski definition) is 2. The second-order valence-electron chi connectivity index (χ2n) is 5.77. The summed E-state index contributed by atoms with van der Waals surface area (Å²) in [6.45, 7) is 6.32. The Bertz CT molecular complexity index is 866. The highest BCUT2D eigenvalue weighted by atomic mass is 15.1. The predicted octanol–water partition coefficient (Wildman–Crippen LogP) is 4.11. The molecule has 3 nitrogen and oxygen atoms in total. The predicted molar refractivity (Wildman–Crippen MR) is 92.1 cm³/mol. The van der Waals surface area contributed by atoms with Crippen LogP contribution in [-0.4, -0.2) is 15.4 Å². The molecule has 0 saturated carbocycles. The Labute approximate surface area is 131 Å². The molecule has 0 atom stereocenters. The minimum atomic E-state index is 0.315. The molecule has 3 aromatic rings. The van der Waals surface area contributed by atoms with Crippen molar-refractivity contribution in [1.82, 2.24) is 9.38 Å². The Kier molecular flexibility index (Phi) is 3.60. The third-order valence-corrected chi connectivity index (χ3v) is 3.49. The van der Waals surface area contributed by atoms with Crippen molar-refractivity contribution in [2.45, 2.75) is 26.8 Å². The van der Waals surface area contributed by atoms with Gasteiger partial charge >= 0.3 is 0 Å². The third-order valence-electron chi connectivity index (χ3n) is 3.49. The lowest BCUT2D eigenvalue weighted by molar-refractivity contribution is 0.885. The molecule has 0 fully saturated rings. The van der Waals surface area contributed by atoms with Crippen molar-refractivity contribution in [2.75, 3.05) is 5.32 Å². The topological polar surface area (TPSA) is 29.3 Å². The number of terminal acetylenes is 1. The van der Waals surface area contributed by atoms with Crippen LogP contribution in [0.2, 0.25) is 0 Å². The summed E-state index contributed by atoms with van der Waals surface area (Å²) in [6, 6.07) is 12.4. The largest absolute Gasteiger partial charge is 0.367 e. The van der Waals surface area contributed by atoms with E-state index in [-0.39, 0.29) is 0 Å². The van der Waals surface area contributed by atoms with Crippen molar-refractivity contribution in [1.29, 1.82) is 0 Å². The second-order valence-corrected chi connectivity index (χ2v) is 5.77. The molecule has 22 heavy (non-hydrogen) atoms. The van der Waals surface area contributed by atoms with E-state index in [9.17, 15) is 0 Å². The van der Waals surface area contributed by atoms with Crippen molar-refractivity contribution in [3.05, 3.63) is 53.7 Å². The number of nitrogens with one attached hydrogen (secondary N) is 1. The van der Waals surface area contributed by atoms with E-state index < -0.39 is 0 Å². The second kappa shape index (κ2) is 5.57. The molecular weight excluding hydrogens is 270 g/mol. The maximum atomic E-state index is 5.52. The van der Waals surface area contributed by atoms with Crippen LogP contribution in [0.5, 0.6) is 0 Å². The molecule has 2 aromatic heterocycles. The highest BCUT2D eigenvalue weighted by Crippen LogP contribution is 2.30. The molecule has 0 radical (unpaired) electrons. The standard InChI is InChI=1S/C19H19N3/c1-5-15-7-6-8-16(11-15)18-19(20-13(2)3)22-12-14(4)9-10-17(22)21-18/h1,6-13,20H,2-4H3. The number of fused-ring (bicyclic) bond motifs is 1. The summed E-state index contributed by atoms with van der Waals surface area (Å²) >= 11 is 0. The molecule has 0 aliphatic rings. The highest BCUT2D eigenvalue weighted by Gasteiger charge is 2.15. The zero-order chi connectivity index (χ0) is 15.7. The fraction of sp³-hybridized carbons (Fsp3) is 0.211. The molecule has 2 heterocycles. The first-order chi connectivity index (χ1) is 10.6. The van der Waals surface area contributed by atoms with Gasteiger partial charge in [0.15, 0.2) is 0 Å². The average molecular weight is 289 g/mol. The molecule has 0 unspecified atom stereocenters. The van der Waals surface area contributed by atoms with Gasteiger partial charge in [-0.2, -0.15) is 0 Å². The van der Waals surface area contributed by atoms with Gasteiger partial charge in [0.05, 0.1) is 0 Å². The van der Waals surface area contributed by atoms with Crippen molar-refractivity contribution >= 4 is 11.5 Å². The van der Waals surface area contributed by atoms with Crippen molar-refractivity contribution < 1.29 is 0 Å². The zero-order valence-corrected chi connectivity index (χ0v) is 13.1. The van der Waals surface area contributed by atoms with Gasteiger partial charge in [-0.15, -0.1) is 6.42 Å². The lowest BCUT2D eigenvalue weighted by atomic mass is 10.1. The minimum absolute atomic E-state index is 0.315. The first-order valence-corrected chi connectivity index (χ1v) is 7.41. The van der Waals surface area contributed by atoms with E-state index in [1.54, 1.807) is 0 Å². The van der Waals surface area contributed by atoms with Crippen molar-refractivity contribution in [3.8, 4) is 23.6 Å². The molecule has 0 saturated heterocycles. The molecule has 1 N–H and O–H groups in total. The van der Waals surface area contributed by atoms with E-state index in [1.165, 1.54) is 5.56 Å². The maximum absolute atomic E-state index is 5.52. The zero-order valence-electron chi connectivity index (χ0n) is 13.1. The average Bonchev–Trinajstić information content (AvgIpc) is 2.85. The van der Waals surface area contributed by atoms with Gasteiger partial charge in [-0.05, 0) is 44.5 Å². The number of aromatic nitrogens is 2. The molecule has 0 amide bonds. The number of nitrogens with zero attached hydrogens (tertiary/aromatic N) is 2. The summed E-state index contributed by atoms with van der Waals surface area (Å²) in [5.74, 6) is 3.69. The molecular formula is C19H19N3. The number of pyridine rings is 1. The van der Waals surface area contributed by atoms with Crippen molar-refractivity contribution in [3.63, 3.8) is 0 Å². The number of imidazole rings is 1. The van der Waals surface area contributed by atoms with Gasteiger partial charge in [0, 0.05) is 23.4 Å². The summed E-state index contributed by atoms with van der Waals surface area (Å²) in [4.78, 5) is 4.78. The Hall–Kier alpha value is -2.73. The van der Waals surface area contributed by atoms with E-state index in [2.05, 4.69) is 48.7 Å². The molecule has 1 aromatic carbocycles. The summed E-state index contributed by atoms with van der Waals surface area (Å²) in [5.41, 5.74) is 4.94. The van der Waals surface area contributed by atoms with Crippen LogP contribution in [-0.2, 0) is 0 Å². The summed E-state index contributed by atoms with van der Waals surface area (Å²) in [6.07, 6.45) is 7.62. The normalized spacial score (nSPS) is 10.9. The Balaban J connectivity index is 2.25. The molecule has 110 valence electrons. The van der Waals surface area contributed by atoms with Gasteiger partial charge in [-0.1, -0.05) is 24.1 Å². The summed E-state index contributed by atoms with van der Waals surface area (Å²) in [5, 5.41) is 3.51. The van der Waals surface area contributed by atoms with Crippen LogP contribution in [0.15, 0.2) is 42.6 Å². The number of anilines is 1. The monoisotopic (exact) mass is 289 g/mol. The van der Waals surface area contributed by atoms with Gasteiger partial charge in [0.2, 0.25) is 0 Å².